The van der Waals surface area contributed by atoms with Crippen molar-refractivity contribution in [2.24, 2.45) is 12.8 Å². The minimum absolute atomic E-state index is 0.318. The van der Waals surface area contributed by atoms with Gasteiger partial charge in [-0.1, -0.05) is 13.8 Å². The molecule has 7 nitrogen and oxygen atoms in total. The summed E-state index contributed by atoms with van der Waals surface area (Å²) in [4.78, 5) is 17.9. The molecule has 0 aliphatic heterocycles. The lowest BCUT2D eigenvalue weighted by Gasteiger charge is -2.18. The predicted octanol–water partition coefficient (Wildman–Crippen LogP) is 4.04. The smallest absolute Gasteiger partial charge is 0.403 e. The van der Waals surface area contributed by atoms with Crippen LogP contribution in [0.1, 0.15) is 31.2 Å². The second-order valence-corrected chi connectivity index (χ2v) is 5.55. The van der Waals surface area contributed by atoms with E-state index in [1.807, 2.05) is 18.7 Å². The van der Waals surface area contributed by atoms with E-state index < -0.39 is 11.9 Å². The highest BCUT2D eigenvalue weighted by molar-refractivity contribution is 5.75. The number of fused-ring (bicyclic) bond motifs is 1. The fraction of sp³-hybridized carbons (Fsp3) is 0.300. The Labute approximate surface area is 173 Å². The first-order chi connectivity index (χ1) is 14.4. The Hall–Kier alpha value is -3.43. The molecule has 0 saturated carbocycles. The molecule has 0 aliphatic rings. The van der Waals surface area contributed by atoms with Crippen LogP contribution in [0.2, 0.25) is 0 Å². The number of alkyl halides is 3. The topological polar surface area (TPSA) is 85.8 Å². The van der Waals surface area contributed by atoms with Crippen LogP contribution in [0.3, 0.4) is 0 Å². The maximum absolute atomic E-state index is 12.9. The van der Waals surface area contributed by atoms with E-state index in [9.17, 15) is 13.2 Å². The van der Waals surface area contributed by atoms with Gasteiger partial charge in [-0.2, -0.15) is 13.2 Å². The van der Waals surface area contributed by atoms with Crippen LogP contribution >= 0.6 is 0 Å². The first kappa shape index (κ1) is 24.6. The van der Waals surface area contributed by atoms with Gasteiger partial charge in [0.1, 0.15) is 22.9 Å². The maximum Gasteiger partial charge on any atom is 0.433 e. The zero-order valence-electron chi connectivity index (χ0n) is 17.3. The van der Waals surface area contributed by atoms with E-state index in [1.165, 1.54) is 6.20 Å². The third kappa shape index (κ3) is 6.29. The summed E-state index contributed by atoms with van der Waals surface area (Å²) in [5.74, 6) is 1.15. The Bertz CT molecular complexity index is 937. The highest BCUT2D eigenvalue weighted by Gasteiger charge is 2.33. The van der Waals surface area contributed by atoms with Gasteiger partial charge in [0.05, 0.1) is 24.8 Å². The summed E-state index contributed by atoms with van der Waals surface area (Å²) < 4.78 is 40.2. The molecule has 0 aliphatic carbocycles. The average molecular weight is 421 g/mol. The van der Waals surface area contributed by atoms with Crippen LogP contribution in [0.5, 0.6) is 0 Å². The van der Waals surface area contributed by atoms with Gasteiger partial charge in [0, 0.05) is 31.8 Å². The number of imidazole rings is 1. The van der Waals surface area contributed by atoms with Gasteiger partial charge in [0.15, 0.2) is 0 Å². The van der Waals surface area contributed by atoms with Crippen molar-refractivity contribution in [3.63, 3.8) is 0 Å². The third-order valence-electron chi connectivity index (χ3n) is 3.76. The number of aromatic nitrogens is 5. The van der Waals surface area contributed by atoms with Gasteiger partial charge in [-0.25, -0.2) is 19.9 Å². The summed E-state index contributed by atoms with van der Waals surface area (Å²) in [5.41, 5.74) is 5.29. The summed E-state index contributed by atoms with van der Waals surface area (Å²) in [6.07, 6.45) is 2.91. The number of hydrogen-bond donors (Lipinski definition) is 1. The van der Waals surface area contributed by atoms with Gasteiger partial charge >= 0.3 is 6.18 Å². The number of nitrogens with two attached hydrogens (primary N) is 1. The van der Waals surface area contributed by atoms with Crippen molar-refractivity contribution in [3.8, 4) is 0 Å². The summed E-state index contributed by atoms with van der Waals surface area (Å²) in [5, 5.41) is 0. The zero-order valence-corrected chi connectivity index (χ0v) is 17.3. The lowest BCUT2D eigenvalue weighted by atomic mass is 10.3. The molecule has 3 aromatic rings. The molecule has 162 valence electrons. The predicted molar refractivity (Wildman–Crippen MR) is 111 cm³/mol. The molecule has 0 bridgehead atoms. The van der Waals surface area contributed by atoms with Crippen LogP contribution in [0.15, 0.2) is 56.3 Å². The molecule has 0 radical (unpaired) electrons. The lowest BCUT2D eigenvalue weighted by molar-refractivity contribution is -0.141. The van der Waals surface area contributed by atoms with Crippen molar-refractivity contribution in [1.82, 2.24) is 29.4 Å². The SMILES string of the molecule is C=C.CC.Cn1c(CN(/C=C\N)Cc2ncccn2)nc2cnc(C(F)(F)F)cc21. The number of rotatable bonds is 5. The first-order valence-electron chi connectivity index (χ1n) is 9.15. The number of halogens is 3. The average Bonchev–Trinajstić information content (AvgIpc) is 3.06. The van der Waals surface area contributed by atoms with Crippen molar-refractivity contribution in [2.75, 3.05) is 0 Å². The first-order valence-corrected chi connectivity index (χ1v) is 9.15. The highest BCUT2D eigenvalue weighted by Crippen LogP contribution is 2.29. The molecular weight excluding hydrogens is 395 g/mol. The van der Waals surface area contributed by atoms with Crippen LogP contribution < -0.4 is 5.73 Å². The van der Waals surface area contributed by atoms with Crippen molar-refractivity contribution in [1.29, 1.82) is 0 Å². The second-order valence-electron chi connectivity index (χ2n) is 5.55. The molecule has 3 rings (SSSR count). The molecule has 30 heavy (non-hydrogen) atoms. The number of hydrogen-bond acceptors (Lipinski definition) is 6. The molecular formula is C20H26F3N7. The van der Waals surface area contributed by atoms with E-state index in [2.05, 4.69) is 33.1 Å². The van der Waals surface area contributed by atoms with Crippen molar-refractivity contribution >= 4 is 11.0 Å². The molecule has 10 heteroatoms. The van der Waals surface area contributed by atoms with Crippen LogP contribution in [0.4, 0.5) is 13.2 Å². The molecule has 0 spiro atoms. The molecule has 0 fully saturated rings. The van der Waals surface area contributed by atoms with Gasteiger partial charge in [0.2, 0.25) is 0 Å². The molecule has 2 N–H and O–H groups in total. The summed E-state index contributed by atoms with van der Waals surface area (Å²) in [7, 11) is 1.66. The van der Waals surface area contributed by atoms with Gasteiger partial charge in [-0.3, -0.25) is 0 Å². The Morgan fingerprint density at radius 1 is 1.13 bits per heavy atom. The van der Waals surface area contributed by atoms with E-state index in [0.717, 1.165) is 12.3 Å². The molecule has 0 atom stereocenters. The fourth-order valence-corrected chi connectivity index (χ4v) is 2.50. The number of pyridine rings is 1. The zero-order chi connectivity index (χ0) is 22.7. The van der Waals surface area contributed by atoms with Gasteiger partial charge in [-0.15, -0.1) is 13.2 Å². The molecule has 0 unspecified atom stereocenters. The maximum atomic E-state index is 12.9. The Kier molecular flexibility index (Phi) is 9.47. The summed E-state index contributed by atoms with van der Waals surface area (Å²) >= 11 is 0. The summed E-state index contributed by atoms with van der Waals surface area (Å²) in [6.45, 7) is 10.7. The van der Waals surface area contributed by atoms with Crippen molar-refractivity contribution < 1.29 is 13.2 Å². The molecule has 3 heterocycles. The number of aryl methyl sites for hydroxylation is 1. The largest absolute Gasteiger partial charge is 0.433 e. The normalized spacial score (nSPS) is 10.9. The Morgan fingerprint density at radius 3 is 2.33 bits per heavy atom. The van der Waals surface area contributed by atoms with Crippen molar-refractivity contribution in [2.45, 2.75) is 33.1 Å². The van der Waals surface area contributed by atoms with Crippen LogP contribution in [-0.2, 0) is 26.3 Å². The third-order valence-corrected chi connectivity index (χ3v) is 3.76. The minimum atomic E-state index is -4.50. The van der Waals surface area contributed by atoms with Gasteiger partial charge in [-0.05, 0) is 12.1 Å². The monoisotopic (exact) mass is 421 g/mol. The van der Waals surface area contributed by atoms with E-state index >= 15 is 0 Å². The minimum Gasteiger partial charge on any atom is -0.403 e. The quantitative estimate of drug-likeness (QED) is 0.626. The molecule has 0 amide bonds. The van der Waals surface area contributed by atoms with E-state index in [-0.39, 0.29) is 0 Å². The Morgan fingerprint density at radius 2 is 1.77 bits per heavy atom. The molecule has 3 aromatic heterocycles. The summed E-state index contributed by atoms with van der Waals surface area (Å²) in [6, 6.07) is 2.71. The van der Waals surface area contributed by atoms with Crippen LogP contribution in [0.25, 0.3) is 11.0 Å². The van der Waals surface area contributed by atoms with E-state index in [1.54, 1.807) is 36.3 Å². The highest BCUT2D eigenvalue weighted by atomic mass is 19.4. The van der Waals surface area contributed by atoms with Crippen molar-refractivity contribution in [3.05, 3.63) is 73.6 Å². The van der Waals surface area contributed by atoms with Gasteiger partial charge in [0.25, 0.3) is 0 Å². The second kappa shape index (κ2) is 11.5. The lowest BCUT2D eigenvalue weighted by Crippen LogP contribution is -2.20. The van der Waals surface area contributed by atoms with Crippen LogP contribution in [0, 0.1) is 0 Å². The fourth-order valence-electron chi connectivity index (χ4n) is 2.50. The number of nitrogens with zero attached hydrogens (tertiary/aromatic N) is 6. The van der Waals surface area contributed by atoms with Crippen LogP contribution in [-0.4, -0.2) is 29.4 Å². The van der Waals surface area contributed by atoms with E-state index in [0.29, 0.717) is 35.8 Å². The van der Waals surface area contributed by atoms with E-state index in [4.69, 9.17) is 5.73 Å². The Balaban J connectivity index is 0.00000106. The molecule has 0 saturated heterocycles. The standard InChI is InChI=1S/C16H16F3N7.C2H6.C2H4/c1-25-12-7-13(16(17,18)19)23-8-11(12)24-15(25)10-26(6-3-20)9-14-21-4-2-5-22-14;2*1-2/h2-8H,9-10,20H2,1H3;1-2H3;1-2H2/b6-3-;;. The van der Waals surface area contributed by atoms with Gasteiger partial charge < -0.3 is 15.2 Å². The molecule has 0 aromatic carbocycles.